The summed E-state index contributed by atoms with van der Waals surface area (Å²) in [5.41, 5.74) is 1.28. The number of anilines is 1. The van der Waals surface area contributed by atoms with Crippen molar-refractivity contribution in [1.29, 1.82) is 0 Å². The number of carboxylic acid groups (broad SMARTS) is 1. The lowest BCUT2D eigenvalue weighted by atomic mass is 9.83. The van der Waals surface area contributed by atoms with Crippen molar-refractivity contribution in [2.24, 2.45) is 5.92 Å². The molecule has 6 rings (SSSR count). The van der Waals surface area contributed by atoms with Crippen LogP contribution in [0.1, 0.15) is 43.9 Å². The Morgan fingerprint density at radius 3 is 2.35 bits per heavy atom. The molecule has 15 heteroatoms. The zero-order valence-electron chi connectivity index (χ0n) is 22.9. The first kappa shape index (κ1) is 32.1. The molecule has 1 aromatic carbocycles. The Hall–Kier alpha value is -3.82. The first-order valence-electron chi connectivity index (χ1n) is 13.2. The molecule has 230 valence electrons. The Kier molecular flexibility index (Phi) is 10.2. The second-order valence-corrected chi connectivity index (χ2v) is 11.9. The first-order valence-corrected chi connectivity index (χ1v) is 14.9. The van der Waals surface area contributed by atoms with E-state index in [0.717, 1.165) is 31.5 Å². The van der Waals surface area contributed by atoms with Crippen LogP contribution in [-0.2, 0) is 19.1 Å². The Labute approximate surface area is 252 Å². The molecule has 3 saturated heterocycles. The number of aromatic nitrogens is 1. The lowest BCUT2D eigenvalue weighted by Gasteiger charge is -2.51. The van der Waals surface area contributed by atoms with Crippen LogP contribution in [0, 0.1) is 5.92 Å². The molecular formula is C28H28F3N3O7S2. The highest BCUT2D eigenvalue weighted by Gasteiger charge is 2.49. The minimum Gasteiger partial charge on any atom is -0.542 e. The highest BCUT2D eigenvalue weighted by molar-refractivity contribution is 7.12. The van der Waals surface area contributed by atoms with Gasteiger partial charge in [-0.25, -0.2) is 14.6 Å². The van der Waals surface area contributed by atoms with E-state index in [1.165, 1.54) is 29.8 Å². The number of hydrogen-bond donors (Lipinski definition) is 1. The monoisotopic (exact) mass is 639 g/mol. The number of fused-ring (bicyclic) bond motifs is 3. The molecule has 5 heterocycles. The van der Waals surface area contributed by atoms with E-state index in [1.54, 1.807) is 17.6 Å². The van der Waals surface area contributed by atoms with Crippen LogP contribution in [0.4, 0.5) is 18.9 Å². The average molecular weight is 640 g/mol. The van der Waals surface area contributed by atoms with Crippen LogP contribution in [0.2, 0.25) is 0 Å². The quantitative estimate of drug-likeness (QED) is 0.212. The van der Waals surface area contributed by atoms with Crippen LogP contribution in [0.3, 0.4) is 0 Å². The average Bonchev–Trinajstić information content (AvgIpc) is 3.69. The van der Waals surface area contributed by atoms with Gasteiger partial charge in [0.1, 0.15) is 23.9 Å². The normalized spacial score (nSPS) is 21.6. The third kappa shape index (κ3) is 7.97. The molecule has 10 nitrogen and oxygen atoms in total. The smallest absolute Gasteiger partial charge is 0.430 e. The lowest BCUT2D eigenvalue weighted by molar-refractivity contribution is -0.938. The Morgan fingerprint density at radius 2 is 1.77 bits per heavy atom. The number of Topliss-reactive ketones (excluding diaryl/α,β-unsaturated/α-hetero) is 1. The summed E-state index contributed by atoms with van der Waals surface area (Å²) >= 11 is 2.62. The maximum atomic E-state index is 13.6. The van der Waals surface area contributed by atoms with Crippen LogP contribution in [0.5, 0.6) is 0 Å². The number of esters is 2. The number of nitrogens with zero attached hydrogens (tertiary/aromatic N) is 2. The predicted molar refractivity (Wildman–Crippen MR) is 148 cm³/mol. The first-order chi connectivity index (χ1) is 20.4. The molecule has 3 aromatic rings. The lowest BCUT2D eigenvalue weighted by Crippen LogP contribution is -2.65. The number of piperidine rings is 3. The molecule has 0 aliphatic carbocycles. The van der Waals surface area contributed by atoms with Crippen molar-refractivity contribution in [1.82, 2.24) is 4.98 Å². The zero-order valence-corrected chi connectivity index (χ0v) is 24.5. The second kappa shape index (κ2) is 13.7. The molecule has 3 aliphatic rings. The molecule has 2 bridgehead atoms. The molecule has 43 heavy (non-hydrogen) atoms. The molecule has 0 saturated carbocycles. The molecule has 0 spiro atoms. The minimum atomic E-state index is -5.19. The molecule has 2 aromatic heterocycles. The Balaban J connectivity index is 0.000000541. The van der Waals surface area contributed by atoms with Gasteiger partial charge in [0.05, 0.1) is 25.9 Å². The van der Waals surface area contributed by atoms with E-state index in [9.17, 15) is 27.6 Å². The molecule has 1 N–H and O–H groups in total. The number of nitrogens with one attached hydrogen (secondary N) is 1. The van der Waals surface area contributed by atoms with Gasteiger partial charge in [-0.05, 0) is 17.0 Å². The van der Waals surface area contributed by atoms with Crippen LogP contribution in [-0.4, -0.2) is 78.7 Å². The number of methoxy groups -OCH3 is 1. The van der Waals surface area contributed by atoms with E-state index in [1.807, 2.05) is 35.7 Å². The number of rotatable bonds is 9. The number of halogens is 3. The predicted octanol–water partition coefficient (Wildman–Crippen LogP) is 3.48. The van der Waals surface area contributed by atoms with E-state index >= 15 is 0 Å². The summed E-state index contributed by atoms with van der Waals surface area (Å²) in [6.45, 7) is 2.83. The number of thiophene rings is 1. The fourth-order valence-corrected chi connectivity index (χ4v) is 6.62. The summed E-state index contributed by atoms with van der Waals surface area (Å²) < 4.78 is 43.2. The number of aliphatic carboxylic acids is 1. The largest absolute Gasteiger partial charge is 0.542 e. The van der Waals surface area contributed by atoms with E-state index in [-0.39, 0.29) is 17.8 Å². The second-order valence-electron chi connectivity index (χ2n) is 10.1. The highest BCUT2D eigenvalue weighted by Crippen LogP contribution is 2.37. The van der Waals surface area contributed by atoms with Crippen LogP contribution >= 0.6 is 22.7 Å². The van der Waals surface area contributed by atoms with Gasteiger partial charge in [0.15, 0.2) is 17.2 Å². The molecule has 0 amide bonds. The van der Waals surface area contributed by atoms with Gasteiger partial charge in [-0.1, -0.05) is 30.3 Å². The minimum absolute atomic E-state index is 0.0482. The summed E-state index contributed by atoms with van der Waals surface area (Å²) in [5.74, 6) is -3.53. The maximum Gasteiger partial charge on any atom is 0.430 e. The number of alkyl halides is 3. The fraction of sp³-hybridized carbons (Fsp3) is 0.393. The van der Waals surface area contributed by atoms with Gasteiger partial charge < -0.3 is 29.2 Å². The Morgan fingerprint density at radius 1 is 1.09 bits per heavy atom. The molecule has 3 aliphatic heterocycles. The zero-order chi connectivity index (χ0) is 31.2. The van der Waals surface area contributed by atoms with Crippen molar-refractivity contribution in [3.8, 4) is 0 Å². The van der Waals surface area contributed by atoms with E-state index in [4.69, 9.17) is 19.4 Å². The maximum absolute atomic E-state index is 13.6. The number of ketones is 1. The van der Waals surface area contributed by atoms with Gasteiger partial charge in [-0.2, -0.15) is 13.2 Å². The topological polar surface area (TPSA) is 135 Å². The van der Waals surface area contributed by atoms with Crippen LogP contribution in [0.25, 0.3) is 0 Å². The number of carbonyl (C=O) groups excluding carboxylic acids is 4. The summed E-state index contributed by atoms with van der Waals surface area (Å²) in [7, 11) is 1.33. The van der Waals surface area contributed by atoms with E-state index in [2.05, 4.69) is 10.3 Å². The SMILES string of the molecule is COC(=O)c1sccc1NC(C(=O)O[C@H]1C[N+]2(CC(=O)c3nccs3)CCC1CC2)c1ccccc1.O=C([O-])C(F)(F)F. The summed E-state index contributed by atoms with van der Waals surface area (Å²) in [5, 5.41) is 16.1. The van der Waals surface area contributed by atoms with Crippen molar-refractivity contribution < 1.29 is 51.4 Å². The standard InChI is InChI=1S/C26H27N3O5S2.C2HF3O2/c1-33-26(32)23-19(9-13-35-23)28-22(18-5-3-2-4-6-18)25(31)34-21-16-29(11-7-17(21)8-12-29)15-20(30)24-27-10-14-36-24;3-2(4,5)1(6)7/h2-6,9-10,13-14,17,21-22H,7-8,11-12,15-16H2,1H3;(H,6,7)/t17?,21-,22?,29?;/m0./s1. The van der Waals surface area contributed by atoms with Gasteiger partial charge in [0.25, 0.3) is 0 Å². The van der Waals surface area contributed by atoms with Crippen molar-refractivity contribution in [2.75, 3.05) is 38.6 Å². The van der Waals surface area contributed by atoms with Crippen molar-refractivity contribution >= 4 is 52.1 Å². The highest BCUT2D eigenvalue weighted by atomic mass is 32.1. The van der Waals surface area contributed by atoms with Crippen molar-refractivity contribution in [2.45, 2.75) is 31.2 Å². The fourth-order valence-electron chi connectivity index (χ4n) is 5.28. The van der Waals surface area contributed by atoms with Crippen LogP contribution < -0.4 is 10.4 Å². The van der Waals surface area contributed by atoms with Gasteiger partial charge in [0, 0.05) is 30.3 Å². The van der Waals surface area contributed by atoms with Crippen molar-refractivity contribution in [3.05, 3.63) is 68.8 Å². The van der Waals surface area contributed by atoms with Gasteiger partial charge >= 0.3 is 18.1 Å². The number of carbonyl (C=O) groups is 4. The molecule has 3 fully saturated rings. The summed E-state index contributed by atoms with van der Waals surface area (Å²) in [4.78, 5) is 52.0. The van der Waals surface area contributed by atoms with E-state index < -0.39 is 30.1 Å². The molecule has 1 unspecified atom stereocenters. The van der Waals surface area contributed by atoms with Gasteiger partial charge in [-0.3, -0.25) is 4.79 Å². The van der Waals surface area contributed by atoms with E-state index in [0.29, 0.717) is 33.1 Å². The van der Waals surface area contributed by atoms with Gasteiger partial charge in [-0.15, -0.1) is 22.7 Å². The Bertz CT molecular complexity index is 1420. The number of hydrogen-bond acceptors (Lipinski definition) is 11. The third-order valence-electron chi connectivity index (χ3n) is 7.39. The molecule has 0 radical (unpaired) electrons. The number of carboxylic acids is 1. The van der Waals surface area contributed by atoms with Gasteiger partial charge in [0.2, 0.25) is 5.78 Å². The van der Waals surface area contributed by atoms with Crippen molar-refractivity contribution in [3.63, 3.8) is 0 Å². The molecular weight excluding hydrogens is 611 g/mol. The summed E-state index contributed by atoms with van der Waals surface area (Å²) in [6, 6.07) is 10.3. The number of ether oxygens (including phenoxy) is 2. The van der Waals surface area contributed by atoms with Crippen LogP contribution in [0.15, 0.2) is 53.4 Å². The number of benzene rings is 1. The summed E-state index contributed by atoms with van der Waals surface area (Å²) in [6.07, 6.45) is -1.96. The third-order valence-corrected chi connectivity index (χ3v) is 9.10. The molecule has 2 atom stereocenters. The number of thiazole rings is 1. The number of quaternary nitrogens is 1.